The predicted octanol–water partition coefficient (Wildman–Crippen LogP) is 0.592. The topological polar surface area (TPSA) is 133 Å². The summed E-state index contributed by atoms with van der Waals surface area (Å²) in [5.41, 5.74) is 1.48. The Morgan fingerprint density at radius 3 is 2.23 bits per heavy atom. The monoisotopic (exact) mass is 445 g/mol. The normalized spacial score (nSPS) is 17.4. The predicted molar refractivity (Wildman–Crippen MR) is 110 cm³/mol. The fourth-order valence-corrected chi connectivity index (χ4v) is 5.76. The first kappa shape index (κ1) is 21.2. The summed E-state index contributed by atoms with van der Waals surface area (Å²) in [6, 6.07) is 6.17. The maximum atomic E-state index is 12.7. The SMILES string of the molecule is Cc1n[nH]c(C)c1S(=O)(=O)NC1CCN(C(=O)CN2C(=O)c3ccccc3C2=O)CC1. The molecule has 0 bridgehead atoms. The number of sulfonamides is 1. The summed E-state index contributed by atoms with van der Waals surface area (Å²) in [6.07, 6.45) is 0.867. The molecule has 0 aliphatic carbocycles. The van der Waals surface area contributed by atoms with Crippen molar-refractivity contribution in [2.75, 3.05) is 19.6 Å². The summed E-state index contributed by atoms with van der Waals surface area (Å²) in [5, 5.41) is 6.60. The Balaban J connectivity index is 1.35. The first-order chi connectivity index (χ1) is 14.7. The van der Waals surface area contributed by atoms with E-state index in [0.717, 1.165) is 4.90 Å². The minimum absolute atomic E-state index is 0.150. The molecule has 1 saturated heterocycles. The lowest BCUT2D eigenvalue weighted by Gasteiger charge is -2.33. The molecule has 164 valence electrons. The molecule has 0 atom stereocenters. The number of nitrogens with zero attached hydrogens (tertiary/aromatic N) is 3. The van der Waals surface area contributed by atoms with E-state index in [1.807, 2.05) is 0 Å². The van der Waals surface area contributed by atoms with Gasteiger partial charge in [-0.05, 0) is 38.8 Å². The van der Waals surface area contributed by atoms with E-state index in [4.69, 9.17) is 0 Å². The summed E-state index contributed by atoms with van der Waals surface area (Å²) in [6.45, 7) is 3.61. The van der Waals surface area contributed by atoms with E-state index in [1.165, 1.54) is 0 Å². The number of likely N-dealkylation sites (tertiary alicyclic amines) is 1. The fourth-order valence-electron chi connectivity index (χ4n) is 4.08. The number of piperidine rings is 1. The second-order valence-electron chi connectivity index (χ2n) is 7.78. The zero-order valence-electron chi connectivity index (χ0n) is 17.2. The average molecular weight is 446 g/mol. The second-order valence-corrected chi connectivity index (χ2v) is 9.43. The van der Waals surface area contributed by atoms with Crippen molar-refractivity contribution in [1.82, 2.24) is 24.7 Å². The number of aromatic nitrogens is 2. The van der Waals surface area contributed by atoms with E-state index < -0.39 is 21.8 Å². The fraction of sp³-hybridized carbons (Fsp3) is 0.400. The third-order valence-electron chi connectivity index (χ3n) is 5.67. The van der Waals surface area contributed by atoms with Crippen molar-refractivity contribution in [3.05, 3.63) is 46.8 Å². The highest BCUT2D eigenvalue weighted by molar-refractivity contribution is 7.89. The van der Waals surface area contributed by atoms with Crippen molar-refractivity contribution in [1.29, 1.82) is 0 Å². The van der Waals surface area contributed by atoms with Gasteiger partial charge < -0.3 is 4.90 Å². The van der Waals surface area contributed by atoms with Gasteiger partial charge in [-0.3, -0.25) is 24.4 Å². The number of benzene rings is 1. The zero-order chi connectivity index (χ0) is 22.3. The van der Waals surface area contributed by atoms with Gasteiger partial charge in [0.05, 0.1) is 22.5 Å². The molecule has 0 spiro atoms. The molecule has 2 aliphatic heterocycles. The Morgan fingerprint density at radius 2 is 1.71 bits per heavy atom. The van der Waals surface area contributed by atoms with Gasteiger partial charge in [0.1, 0.15) is 11.4 Å². The van der Waals surface area contributed by atoms with E-state index in [-0.39, 0.29) is 23.4 Å². The molecule has 2 N–H and O–H groups in total. The van der Waals surface area contributed by atoms with Gasteiger partial charge in [-0.1, -0.05) is 12.1 Å². The van der Waals surface area contributed by atoms with Gasteiger partial charge in [0.15, 0.2) is 0 Å². The van der Waals surface area contributed by atoms with Crippen LogP contribution in [-0.4, -0.2) is 71.8 Å². The van der Waals surface area contributed by atoms with Crippen molar-refractivity contribution < 1.29 is 22.8 Å². The van der Waals surface area contributed by atoms with Crippen LogP contribution in [0, 0.1) is 13.8 Å². The first-order valence-corrected chi connectivity index (χ1v) is 11.4. The Bertz CT molecular complexity index is 1110. The summed E-state index contributed by atoms with van der Waals surface area (Å²) in [7, 11) is -3.72. The minimum atomic E-state index is -3.72. The molecular weight excluding hydrogens is 422 g/mol. The van der Waals surface area contributed by atoms with E-state index in [0.29, 0.717) is 48.4 Å². The van der Waals surface area contributed by atoms with Crippen LogP contribution in [-0.2, 0) is 14.8 Å². The van der Waals surface area contributed by atoms with Crippen LogP contribution >= 0.6 is 0 Å². The molecule has 10 nitrogen and oxygen atoms in total. The van der Waals surface area contributed by atoms with Gasteiger partial charge in [0.25, 0.3) is 11.8 Å². The molecule has 4 rings (SSSR count). The first-order valence-electron chi connectivity index (χ1n) is 9.96. The number of aryl methyl sites for hydroxylation is 2. The van der Waals surface area contributed by atoms with E-state index in [9.17, 15) is 22.8 Å². The van der Waals surface area contributed by atoms with Gasteiger partial charge >= 0.3 is 0 Å². The highest BCUT2D eigenvalue weighted by Crippen LogP contribution is 2.23. The average Bonchev–Trinajstić information content (AvgIpc) is 3.20. The van der Waals surface area contributed by atoms with Crippen LogP contribution in [0.1, 0.15) is 44.9 Å². The molecular formula is C20H23N5O5S. The number of imide groups is 1. The number of fused-ring (bicyclic) bond motifs is 1. The zero-order valence-corrected chi connectivity index (χ0v) is 18.0. The van der Waals surface area contributed by atoms with Crippen LogP contribution < -0.4 is 4.72 Å². The number of hydrogen-bond donors (Lipinski definition) is 2. The second kappa shape index (κ2) is 7.89. The molecule has 1 aromatic carbocycles. The highest BCUT2D eigenvalue weighted by atomic mass is 32.2. The van der Waals surface area contributed by atoms with Gasteiger partial charge in [-0.15, -0.1) is 0 Å². The molecule has 31 heavy (non-hydrogen) atoms. The quantitative estimate of drug-likeness (QED) is 0.648. The molecule has 3 heterocycles. The maximum Gasteiger partial charge on any atom is 0.262 e. The smallest absolute Gasteiger partial charge is 0.262 e. The molecule has 2 aromatic rings. The number of nitrogens with one attached hydrogen (secondary N) is 2. The molecule has 11 heteroatoms. The van der Waals surface area contributed by atoms with Crippen molar-refractivity contribution in [2.24, 2.45) is 0 Å². The van der Waals surface area contributed by atoms with Gasteiger partial charge in [-0.2, -0.15) is 5.10 Å². The molecule has 2 aliphatic rings. The third-order valence-corrected chi connectivity index (χ3v) is 7.45. The third kappa shape index (κ3) is 3.86. The Kier molecular flexibility index (Phi) is 5.40. The number of carbonyl (C=O) groups is 3. The molecule has 0 unspecified atom stereocenters. The van der Waals surface area contributed by atoms with E-state index >= 15 is 0 Å². The number of aromatic amines is 1. The molecule has 1 fully saturated rings. The Labute approximate surface area is 179 Å². The van der Waals surface area contributed by atoms with Crippen LogP contribution in [0.25, 0.3) is 0 Å². The summed E-state index contributed by atoms with van der Waals surface area (Å²) < 4.78 is 28.1. The van der Waals surface area contributed by atoms with Crippen LogP contribution in [0.4, 0.5) is 0 Å². The van der Waals surface area contributed by atoms with Crippen LogP contribution in [0.2, 0.25) is 0 Å². The maximum absolute atomic E-state index is 12.7. The van der Waals surface area contributed by atoms with E-state index in [2.05, 4.69) is 14.9 Å². The Hall–Kier alpha value is -3.05. The summed E-state index contributed by atoms with van der Waals surface area (Å²) >= 11 is 0. The standard InChI is InChI=1S/C20H23N5O5S/c1-12-18(13(2)22-21-12)31(29,30)23-14-7-9-24(10-8-14)17(26)11-25-19(27)15-5-3-4-6-16(15)20(25)28/h3-6,14,23H,7-11H2,1-2H3,(H,21,22). The summed E-state index contributed by atoms with van der Waals surface area (Å²) in [5.74, 6) is -1.28. The number of rotatable bonds is 5. The van der Waals surface area contributed by atoms with Crippen molar-refractivity contribution in [3.63, 3.8) is 0 Å². The van der Waals surface area contributed by atoms with E-state index in [1.54, 1.807) is 43.0 Å². The number of hydrogen-bond acceptors (Lipinski definition) is 6. The Morgan fingerprint density at radius 1 is 1.13 bits per heavy atom. The lowest BCUT2D eigenvalue weighted by atomic mass is 10.1. The van der Waals surface area contributed by atoms with Crippen LogP contribution in [0.5, 0.6) is 0 Å². The molecule has 1 aromatic heterocycles. The lowest BCUT2D eigenvalue weighted by Crippen LogP contribution is -2.49. The highest BCUT2D eigenvalue weighted by Gasteiger charge is 2.37. The number of amides is 3. The van der Waals surface area contributed by atoms with Crippen molar-refractivity contribution in [3.8, 4) is 0 Å². The number of H-pyrrole nitrogens is 1. The molecule has 0 radical (unpaired) electrons. The van der Waals surface area contributed by atoms with Gasteiger partial charge in [0, 0.05) is 19.1 Å². The van der Waals surface area contributed by atoms with Gasteiger partial charge in [-0.25, -0.2) is 13.1 Å². The van der Waals surface area contributed by atoms with Crippen molar-refractivity contribution >= 4 is 27.7 Å². The van der Waals surface area contributed by atoms with Crippen LogP contribution in [0.15, 0.2) is 29.2 Å². The minimum Gasteiger partial charge on any atom is -0.341 e. The molecule has 0 saturated carbocycles. The molecule has 3 amide bonds. The lowest BCUT2D eigenvalue weighted by molar-refractivity contribution is -0.132. The van der Waals surface area contributed by atoms with Crippen LogP contribution in [0.3, 0.4) is 0 Å². The summed E-state index contributed by atoms with van der Waals surface area (Å²) in [4.78, 5) is 40.3. The largest absolute Gasteiger partial charge is 0.341 e. The van der Waals surface area contributed by atoms with Gasteiger partial charge in [0.2, 0.25) is 15.9 Å². The number of carbonyl (C=O) groups excluding carboxylic acids is 3. The van der Waals surface area contributed by atoms with Crippen molar-refractivity contribution in [2.45, 2.75) is 37.6 Å².